The molecule has 25 heavy (non-hydrogen) atoms. The number of anilines is 1. The Morgan fingerprint density at radius 2 is 1.88 bits per heavy atom. The molecule has 2 atom stereocenters. The van der Waals surface area contributed by atoms with Gasteiger partial charge >= 0.3 is 6.01 Å². The van der Waals surface area contributed by atoms with Gasteiger partial charge in [-0.25, -0.2) is 0 Å². The Morgan fingerprint density at radius 3 is 2.44 bits per heavy atom. The quantitative estimate of drug-likeness (QED) is 0.875. The van der Waals surface area contributed by atoms with E-state index in [-0.39, 0.29) is 11.3 Å². The van der Waals surface area contributed by atoms with E-state index >= 15 is 0 Å². The minimum absolute atomic E-state index is 0.245. The van der Waals surface area contributed by atoms with Crippen LogP contribution in [0.1, 0.15) is 50.8 Å². The summed E-state index contributed by atoms with van der Waals surface area (Å²) in [6.45, 7) is 5.05. The van der Waals surface area contributed by atoms with Crippen LogP contribution < -0.4 is 10.2 Å². The number of nitrogens with one attached hydrogen (secondary N) is 1. The molecule has 0 radical (unpaired) electrons. The van der Waals surface area contributed by atoms with E-state index in [2.05, 4.69) is 25.3 Å². The highest BCUT2D eigenvalue weighted by Crippen LogP contribution is 2.43. The van der Waals surface area contributed by atoms with Gasteiger partial charge in [0.2, 0.25) is 5.91 Å². The summed E-state index contributed by atoms with van der Waals surface area (Å²) in [6, 6.07) is 2.46. The molecule has 5 heterocycles. The highest BCUT2D eigenvalue weighted by Gasteiger charge is 2.47. The van der Waals surface area contributed by atoms with Gasteiger partial charge in [-0.05, 0) is 64.0 Å². The zero-order valence-electron chi connectivity index (χ0n) is 14.9. The van der Waals surface area contributed by atoms with Crippen molar-refractivity contribution >= 4 is 11.9 Å². The SMILES string of the molecule is Cc1noc(N2C3CCC2CC(N2CCC4(CC2)CNC(=O)C4)C3)n1. The number of likely N-dealkylation sites (tertiary alicyclic amines) is 1. The fourth-order valence-corrected chi connectivity index (χ4v) is 5.62. The standard InChI is InChI=1S/C18H27N5O2/c1-12-20-17(25-21-12)23-13-2-3-14(23)9-15(8-13)22-6-4-18(5-7-22)10-16(24)19-11-18/h13-15H,2-11H2,1H3,(H,19,24). The van der Waals surface area contributed by atoms with E-state index < -0.39 is 0 Å². The number of aryl methyl sites for hydroxylation is 1. The number of carbonyl (C=O) groups excluding carboxylic acids is 1. The van der Waals surface area contributed by atoms with E-state index in [4.69, 9.17) is 4.52 Å². The summed E-state index contributed by atoms with van der Waals surface area (Å²) >= 11 is 0. The maximum Gasteiger partial charge on any atom is 0.324 e. The third kappa shape index (κ3) is 2.63. The number of piperidine rings is 2. The van der Waals surface area contributed by atoms with Crippen molar-refractivity contribution in [1.82, 2.24) is 20.4 Å². The summed E-state index contributed by atoms with van der Waals surface area (Å²) in [7, 11) is 0. The molecule has 1 aromatic heterocycles. The molecule has 2 bridgehead atoms. The first-order chi connectivity index (χ1) is 12.1. The first-order valence-corrected chi connectivity index (χ1v) is 9.71. The highest BCUT2D eigenvalue weighted by atomic mass is 16.5. The third-order valence-corrected chi connectivity index (χ3v) is 7.02. The van der Waals surface area contributed by atoms with E-state index in [1.165, 1.54) is 25.7 Å². The van der Waals surface area contributed by atoms with Gasteiger partial charge in [0, 0.05) is 31.1 Å². The Hall–Kier alpha value is -1.63. The average Bonchev–Trinajstić information content (AvgIpc) is 3.25. The largest absolute Gasteiger partial charge is 0.356 e. The van der Waals surface area contributed by atoms with Crippen molar-refractivity contribution in [3.8, 4) is 0 Å². The minimum atomic E-state index is 0.245. The number of hydrogen-bond donors (Lipinski definition) is 1. The van der Waals surface area contributed by atoms with Gasteiger partial charge in [0.15, 0.2) is 5.82 Å². The number of fused-ring (bicyclic) bond motifs is 2. The van der Waals surface area contributed by atoms with Crippen LogP contribution in [0.5, 0.6) is 0 Å². The van der Waals surface area contributed by atoms with Crippen LogP contribution in [0.4, 0.5) is 6.01 Å². The van der Waals surface area contributed by atoms with E-state index in [0.29, 0.717) is 18.1 Å². The van der Waals surface area contributed by atoms with Crippen molar-refractivity contribution in [2.75, 3.05) is 24.5 Å². The Kier molecular flexibility index (Phi) is 3.55. The molecule has 4 saturated heterocycles. The molecular weight excluding hydrogens is 318 g/mol. The van der Waals surface area contributed by atoms with E-state index in [1.54, 1.807) is 0 Å². The molecule has 7 nitrogen and oxygen atoms in total. The van der Waals surface area contributed by atoms with Gasteiger partial charge < -0.3 is 19.6 Å². The maximum absolute atomic E-state index is 11.6. The lowest BCUT2D eigenvalue weighted by atomic mass is 9.77. The zero-order chi connectivity index (χ0) is 17.0. The monoisotopic (exact) mass is 345 g/mol. The molecule has 5 rings (SSSR count). The van der Waals surface area contributed by atoms with Crippen LogP contribution in [0.3, 0.4) is 0 Å². The fraction of sp³-hybridized carbons (Fsp3) is 0.833. The summed E-state index contributed by atoms with van der Waals surface area (Å²) in [5, 5.41) is 7.01. The molecule has 1 amide bonds. The predicted octanol–water partition coefficient (Wildman–Crippen LogP) is 1.48. The molecule has 1 aromatic rings. The summed E-state index contributed by atoms with van der Waals surface area (Å²) in [5.74, 6) is 0.965. The molecule has 7 heteroatoms. The molecule has 0 aromatic carbocycles. The van der Waals surface area contributed by atoms with Crippen molar-refractivity contribution in [2.24, 2.45) is 5.41 Å². The number of nitrogens with zero attached hydrogens (tertiary/aromatic N) is 4. The van der Waals surface area contributed by atoms with Gasteiger partial charge in [-0.15, -0.1) is 0 Å². The summed E-state index contributed by atoms with van der Waals surface area (Å²) in [4.78, 5) is 21.2. The first kappa shape index (κ1) is 15.6. The Bertz CT molecular complexity index is 652. The summed E-state index contributed by atoms with van der Waals surface area (Å²) < 4.78 is 5.45. The van der Waals surface area contributed by atoms with Gasteiger partial charge in [-0.3, -0.25) is 4.79 Å². The minimum Gasteiger partial charge on any atom is -0.356 e. The Morgan fingerprint density at radius 1 is 1.16 bits per heavy atom. The predicted molar refractivity (Wildman–Crippen MR) is 92.2 cm³/mol. The second kappa shape index (κ2) is 5.69. The van der Waals surface area contributed by atoms with Crippen LogP contribution in [0.25, 0.3) is 0 Å². The third-order valence-electron chi connectivity index (χ3n) is 7.02. The lowest BCUT2D eigenvalue weighted by Crippen LogP contribution is -2.53. The van der Waals surface area contributed by atoms with Gasteiger partial charge in [0.1, 0.15) is 0 Å². The van der Waals surface area contributed by atoms with E-state index in [9.17, 15) is 4.79 Å². The van der Waals surface area contributed by atoms with Gasteiger partial charge in [0.25, 0.3) is 0 Å². The van der Waals surface area contributed by atoms with Crippen molar-refractivity contribution in [3.05, 3.63) is 5.82 Å². The summed E-state index contributed by atoms with van der Waals surface area (Å²) in [5.41, 5.74) is 0.245. The molecule has 136 valence electrons. The van der Waals surface area contributed by atoms with Crippen LogP contribution >= 0.6 is 0 Å². The number of hydrogen-bond acceptors (Lipinski definition) is 6. The van der Waals surface area contributed by atoms with E-state index in [0.717, 1.165) is 50.7 Å². The molecule has 4 aliphatic heterocycles. The zero-order valence-corrected chi connectivity index (χ0v) is 14.9. The number of amides is 1. The van der Waals surface area contributed by atoms with E-state index in [1.807, 2.05) is 6.92 Å². The summed E-state index contributed by atoms with van der Waals surface area (Å²) in [6.07, 6.45) is 7.91. The van der Waals surface area contributed by atoms with Crippen molar-refractivity contribution in [2.45, 2.75) is 70.0 Å². The second-order valence-corrected chi connectivity index (χ2v) is 8.53. The number of rotatable bonds is 2. The average molecular weight is 345 g/mol. The fourth-order valence-electron chi connectivity index (χ4n) is 5.62. The molecule has 1 N–H and O–H groups in total. The lowest BCUT2D eigenvalue weighted by molar-refractivity contribution is -0.119. The number of aromatic nitrogens is 2. The van der Waals surface area contributed by atoms with Gasteiger partial charge in [-0.1, -0.05) is 5.16 Å². The van der Waals surface area contributed by atoms with Crippen LogP contribution in [0.2, 0.25) is 0 Å². The lowest BCUT2D eigenvalue weighted by Gasteiger charge is -2.46. The van der Waals surface area contributed by atoms with Crippen LogP contribution in [-0.4, -0.2) is 58.7 Å². The molecule has 0 aliphatic carbocycles. The first-order valence-electron chi connectivity index (χ1n) is 9.71. The molecule has 1 spiro atoms. The van der Waals surface area contributed by atoms with Crippen LogP contribution in [0.15, 0.2) is 4.52 Å². The smallest absolute Gasteiger partial charge is 0.324 e. The molecule has 2 unspecified atom stereocenters. The second-order valence-electron chi connectivity index (χ2n) is 8.53. The van der Waals surface area contributed by atoms with Crippen molar-refractivity contribution < 1.29 is 9.32 Å². The van der Waals surface area contributed by atoms with Crippen LogP contribution in [-0.2, 0) is 4.79 Å². The van der Waals surface area contributed by atoms with Crippen LogP contribution in [0, 0.1) is 12.3 Å². The highest BCUT2D eigenvalue weighted by molar-refractivity contribution is 5.79. The van der Waals surface area contributed by atoms with Crippen molar-refractivity contribution in [3.63, 3.8) is 0 Å². The maximum atomic E-state index is 11.6. The molecule has 4 aliphatic rings. The normalized spacial score (nSPS) is 34.7. The Balaban J connectivity index is 1.24. The van der Waals surface area contributed by atoms with Gasteiger partial charge in [0.05, 0.1) is 0 Å². The molecule has 0 saturated carbocycles. The van der Waals surface area contributed by atoms with Gasteiger partial charge in [-0.2, -0.15) is 4.98 Å². The topological polar surface area (TPSA) is 74.5 Å². The molecule has 4 fully saturated rings. The van der Waals surface area contributed by atoms with Crippen molar-refractivity contribution in [1.29, 1.82) is 0 Å². The Labute approximate surface area is 148 Å². The molecular formula is C18H27N5O2. The number of carbonyl (C=O) groups is 1.